The van der Waals surface area contributed by atoms with Gasteiger partial charge in [-0.3, -0.25) is 0 Å². The van der Waals surface area contributed by atoms with E-state index in [-0.39, 0.29) is 91.3 Å². The van der Waals surface area contributed by atoms with Crippen LogP contribution in [0.25, 0.3) is 154 Å². The van der Waals surface area contributed by atoms with Crippen molar-refractivity contribution in [3.8, 4) is 112 Å². The molecule has 0 spiro atoms. The van der Waals surface area contributed by atoms with E-state index in [1.165, 1.54) is 81.4 Å². The standard InChI is InChI=1S/2C21H20N.C18H12NO.C17H10NS.C16H18N.C15H16N.2C12H10N.4Ir/c2*1-21(2,3)19-12-13-22-20(15-19)18-11-7-10-17(14-18)16-8-5-4-6-9-16;1-12-8-9-19-16(10-12)13-6-7-18-15(11-13)14-4-2-3-5-17(14)20-18;1-2-7-16-13(5-1)14-11-12(8-9-17(14)19-16)15-6-3-4-10-18-15;1-16(2,3)11-13-9-10-15(17-12-13)14-7-5-4-6-8-14;1-12(2)10-13-8-9-15(16-11-13)14-6-4-3-5-7-14;2*1-10-7-8-12(13-9-10)11-5-3-2-4-6-11;;;;/h2*4-10,12-15H,1-3H3;2-5,7-11H,1H3;1-7,9-11H;4-7,9-10,12H,11H2,1-3H3;3-6,8-9,11-12H,10H2,1-2H3;2*2-5,7-9H,1H3;;;;/q8*-1;;;;. The molecule has 22 rings (SSSR count). The first-order valence-electron chi connectivity index (χ1n) is 48.0. The van der Waals surface area contributed by atoms with Gasteiger partial charge in [0.25, 0.3) is 0 Å². The van der Waals surface area contributed by atoms with Gasteiger partial charge in [0.05, 0.1) is 5.58 Å². The summed E-state index contributed by atoms with van der Waals surface area (Å²) in [4.78, 5) is 35.5. The summed E-state index contributed by atoms with van der Waals surface area (Å²) in [7, 11) is 0. The normalized spacial score (nSPS) is 10.7. The van der Waals surface area contributed by atoms with Gasteiger partial charge < -0.3 is 44.3 Å². The minimum atomic E-state index is 0. The average molecular weight is 2630 g/mol. The molecule has 14 heteroatoms. The van der Waals surface area contributed by atoms with Gasteiger partial charge in [-0.1, -0.05) is 268 Å². The number of aryl methyl sites for hydroxylation is 3. The van der Waals surface area contributed by atoms with E-state index in [0.717, 1.165) is 125 Å². The van der Waals surface area contributed by atoms with Crippen LogP contribution in [0.1, 0.15) is 115 Å². The molecule has 146 heavy (non-hydrogen) atoms. The molecule has 0 bridgehead atoms. The third-order valence-corrected chi connectivity index (χ3v) is 24.3. The largest absolute Gasteiger partial charge is 0.500 e. The molecule has 9 nitrogen and oxygen atoms in total. The van der Waals surface area contributed by atoms with E-state index in [1.807, 2.05) is 257 Å². The van der Waals surface area contributed by atoms with Crippen LogP contribution in [0.15, 0.2) is 424 Å². The van der Waals surface area contributed by atoms with Crippen LogP contribution in [-0.4, -0.2) is 39.9 Å². The number of pyridine rings is 8. The van der Waals surface area contributed by atoms with Crippen LogP contribution in [0.5, 0.6) is 0 Å². The molecule has 10 heterocycles. The Kier molecular flexibility index (Phi) is 42.6. The van der Waals surface area contributed by atoms with Crippen molar-refractivity contribution in [3.05, 3.63) is 507 Å². The molecule has 0 fully saturated rings. The molecule has 0 aliphatic heterocycles. The van der Waals surface area contributed by atoms with Crippen molar-refractivity contribution >= 4 is 53.4 Å². The van der Waals surface area contributed by atoms with Crippen molar-refractivity contribution in [1.29, 1.82) is 0 Å². The molecule has 0 aliphatic carbocycles. The minimum absolute atomic E-state index is 0. The topological polar surface area (TPSA) is 116 Å². The molecular weight excluding hydrogens is 2510 g/mol. The van der Waals surface area contributed by atoms with Crippen molar-refractivity contribution in [1.82, 2.24) is 39.9 Å². The summed E-state index contributed by atoms with van der Waals surface area (Å²) in [5.74, 6) is 0.677. The van der Waals surface area contributed by atoms with E-state index in [9.17, 15) is 0 Å². The first-order chi connectivity index (χ1) is 68.8. The van der Waals surface area contributed by atoms with Gasteiger partial charge in [0.1, 0.15) is 5.58 Å². The Bertz CT molecular complexity index is 7500. The van der Waals surface area contributed by atoms with Gasteiger partial charge >= 0.3 is 0 Å². The molecule has 0 saturated heterocycles. The number of aromatic nitrogens is 8. The van der Waals surface area contributed by atoms with E-state index in [4.69, 9.17) is 4.42 Å². The molecule has 0 atom stereocenters. The van der Waals surface area contributed by atoms with Crippen molar-refractivity contribution < 1.29 is 84.8 Å². The maximum absolute atomic E-state index is 5.82. The number of nitrogens with zero attached hydrogens (tertiary/aromatic N) is 8. The van der Waals surface area contributed by atoms with Crippen molar-refractivity contribution in [2.24, 2.45) is 11.3 Å². The number of fused-ring (bicyclic) bond motifs is 6. The number of para-hydroxylation sites is 1. The Labute approximate surface area is 921 Å². The summed E-state index contributed by atoms with van der Waals surface area (Å²) in [5, 5.41) is 4.84. The van der Waals surface area contributed by atoms with Crippen LogP contribution in [0.3, 0.4) is 0 Å². The van der Waals surface area contributed by atoms with Gasteiger partial charge in [-0.25, -0.2) is 0 Å². The van der Waals surface area contributed by atoms with Crippen molar-refractivity contribution in [2.45, 2.75) is 121 Å². The number of hydrogen-bond acceptors (Lipinski definition) is 10. The van der Waals surface area contributed by atoms with Crippen LogP contribution < -0.4 is 0 Å². The zero-order chi connectivity index (χ0) is 99.2. The third-order valence-electron chi connectivity index (χ3n) is 23.2. The number of rotatable bonds is 13. The number of hydrogen-bond donors (Lipinski definition) is 0. The maximum atomic E-state index is 5.82. The molecule has 0 unspecified atom stereocenters. The summed E-state index contributed by atoms with van der Waals surface area (Å²) in [6.07, 6.45) is 17.3. The summed E-state index contributed by atoms with van der Waals surface area (Å²) in [5.41, 5.74) is 32.0. The predicted octanol–water partition coefficient (Wildman–Crippen LogP) is 34.3. The molecule has 0 amide bonds. The predicted molar refractivity (Wildman–Crippen MR) is 592 cm³/mol. The quantitative estimate of drug-likeness (QED) is 0.104. The second kappa shape index (κ2) is 55.1. The molecule has 12 aromatic carbocycles. The Morgan fingerprint density at radius 1 is 0.267 bits per heavy atom. The van der Waals surface area contributed by atoms with Crippen LogP contribution in [0.2, 0.25) is 0 Å². The van der Waals surface area contributed by atoms with E-state index in [0.29, 0.717) is 11.3 Å². The minimum Gasteiger partial charge on any atom is -0.500 e. The Morgan fingerprint density at radius 3 is 1.10 bits per heavy atom. The average Bonchev–Trinajstić information content (AvgIpc) is 1.64. The summed E-state index contributed by atoms with van der Waals surface area (Å²) < 4.78 is 8.42. The van der Waals surface area contributed by atoms with Crippen molar-refractivity contribution in [3.63, 3.8) is 0 Å². The van der Waals surface area contributed by atoms with Gasteiger partial charge in [0.15, 0.2) is 0 Å². The van der Waals surface area contributed by atoms with Gasteiger partial charge in [-0.2, -0.15) is 11.3 Å². The molecule has 740 valence electrons. The second-order valence-electron chi connectivity index (χ2n) is 38.4. The van der Waals surface area contributed by atoms with E-state index in [1.54, 1.807) is 0 Å². The molecule has 0 aliphatic rings. The van der Waals surface area contributed by atoms with Crippen LogP contribution >= 0.6 is 11.3 Å². The van der Waals surface area contributed by atoms with E-state index in [2.05, 4.69) is 360 Å². The maximum Gasteiger partial charge on any atom is 0.120 e. The Hall–Kier alpha value is -13.5. The van der Waals surface area contributed by atoms with E-state index >= 15 is 0 Å². The SMILES string of the molecule is CC(C)(C)Cc1ccc(-c2[c-]cccc2)nc1.CC(C)(C)c1ccnc(-c2[c-]ccc(-c3ccccc3)c2)c1.CC(C)(C)c1ccnc(-c2[c-]ccc(-c3ccccc3)c2)c1.CC(C)Cc1ccc(-c2[c-]cccc2)nc1.Cc1ccc(-c2[c-]cccc2)nc1.Cc1ccc(-c2[c-]cccc2)nc1.Cc1ccnc(-c2[c-]cc3oc4ccccc4c3c2)c1.[Ir].[Ir].[Ir].[Ir].[c-]1cc2sc3ccccc3c2cc1-c1ccccn1. The number of thiophene rings is 1. The van der Waals surface area contributed by atoms with Gasteiger partial charge in [0.2, 0.25) is 0 Å². The molecule has 0 N–H and O–H groups in total. The van der Waals surface area contributed by atoms with Gasteiger partial charge in [0, 0.05) is 140 Å². The van der Waals surface area contributed by atoms with Gasteiger partial charge in [-0.05, 0) is 192 Å². The van der Waals surface area contributed by atoms with Gasteiger partial charge in [-0.15, -0.1) is 262 Å². The smallest absolute Gasteiger partial charge is 0.120 e. The summed E-state index contributed by atoms with van der Waals surface area (Å²) in [6.45, 7) is 30.6. The Morgan fingerprint density at radius 2 is 0.664 bits per heavy atom. The molecular formula is C132H116Ir4N8OS-8. The van der Waals surface area contributed by atoms with Crippen LogP contribution in [-0.2, 0) is 104 Å². The fourth-order valence-corrected chi connectivity index (χ4v) is 16.8. The first-order valence-corrected chi connectivity index (χ1v) is 48.9. The Balaban J connectivity index is 0.000000159. The summed E-state index contributed by atoms with van der Waals surface area (Å²) >= 11 is 1.81. The molecule has 0 saturated carbocycles. The van der Waals surface area contributed by atoms with Crippen LogP contribution in [0.4, 0.5) is 0 Å². The zero-order valence-corrected chi connectivity index (χ0v) is 95.0. The molecule has 4 radical (unpaired) electrons. The third kappa shape index (κ3) is 33.0. The molecule has 22 aromatic rings. The summed E-state index contributed by atoms with van der Waals surface area (Å²) in [6, 6.07) is 151. The zero-order valence-electron chi connectivity index (χ0n) is 84.6. The monoisotopic (exact) mass is 2630 g/mol. The first kappa shape index (κ1) is 113. The van der Waals surface area contributed by atoms with E-state index < -0.39 is 0 Å². The second-order valence-corrected chi connectivity index (χ2v) is 39.5. The number of furan rings is 1. The van der Waals surface area contributed by atoms with Crippen molar-refractivity contribution in [2.75, 3.05) is 0 Å². The fourth-order valence-electron chi connectivity index (χ4n) is 15.7. The number of benzene rings is 12. The molecule has 10 aromatic heterocycles. The fraction of sp³-hybridized carbons (Fsp3) is 0.152. The van der Waals surface area contributed by atoms with Crippen LogP contribution in [0, 0.1) is 80.6 Å².